The minimum Gasteiger partial charge on any atom is -0.478 e. The van der Waals surface area contributed by atoms with Gasteiger partial charge >= 0.3 is 5.97 Å². The minimum absolute atomic E-state index is 0.0853. The Bertz CT molecular complexity index is 764. The molecular formula is C14H16ClN3O3S. The molecule has 0 aliphatic heterocycles. The molecule has 0 aliphatic rings. The number of nitrogens with one attached hydrogen (secondary N) is 1. The van der Waals surface area contributed by atoms with Gasteiger partial charge in [-0.15, -0.1) is 11.3 Å². The molecule has 8 heteroatoms. The summed E-state index contributed by atoms with van der Waals surface area (Å²) in [5.41, 5.74) is 1.63. The number of carbonyl (C=O) groups excluding carboxylic acids is 1. The Balaban J connectivity index is 2.40. The van der Waals surface area contributed by atoms with Crippen LogP contribution in [-0.4, -0.2) is 26.8 Å². The molecule has 2 aromatic rings. The van der Waals surface area contributed by atoms with E-state index in [4.69, 9.17) is 11.6 Å². The Labute approximate surface area is 136 Å². The van der Waals surface area contributed by atoms with E-state index in [-0.39, 0.29) is 16.3 Å². The van der Waals surface area contributed by atoms with Gasteiger partial charge in [-0.25, -0.2) is 4.79 Å². The van der Waals surface area contributed by atoms with Crippen molar-refractivity contribution in [2.45, 2.75) is 27.2 Å². The number of aryl methyl sites for hydroxylation is 2. The van der Waals surface area contributed by atoms with E-state index in [1.54, 1.807) is 14.0 Å². The molecule has 0 radical (unpaired) electrons. The van der Waals surface area contributed by atoms with E-state index >= 15 is 0 Å². The summed E-state index contributed by atoms with van der Waals surface area (Å²) >= 11 is 7.33. The third-order valence-electron chi connectivity index (χ3n) is 3.48. The highest BCUT2D eigenvalue weighted by Crippen LogP contribution is 2.34. The molecule has 22 heavy (non-hydrogen) atoms. The van der Waals surface area contributed by atoms with Gasteiger partial charge in [-0.05, 0) is 25.8 Å². The van der Waals surface area contributed by atoms with Crippen LogP contribution in [0.2, 0.25) is 5.02 Å². The van der Waals surface area contributed by atoms with Crippen molar-refractivity contribution >= 4 is 39.8 Å². The average Bonchev–Trinajstić information content (AvgIpc) is 2.90. The number of thiophene rings is 1. The molecule has 6 nitrogen and oxygen atoms in total. The highest BCUT2D eigenvalue weighted by atomic mass is 35.5. The second kappa shape index (κ2) is 6.10. The predicted octanol–water partition coefficient (Wildman–Crippen LogP) is 3.26. The standard InChI is InChI=1S/C14H16ClN3O3S/c1-5-8-7(3)22-13(9(8)14(20)21)16-12(19)11-10(15)6(2)18(4)17-11/h5H2,1-4H3,(H,16,19)(H,20,21). The lowest BCUT2D eigenvalue weighted by Gasteiger charge is -2.03. The first-order valence-electron chi connectivity index (χ1n) is 6.63. The number of rotatable bonds is 4. The van der Waals surface area contributed by atoms with Gasteiger partial charge in [0.1, 0.15) is 5.00 Å². The monoisotopic (exact) mass is 341 g/mol. The van der Waals surface area contributed by atoms with Gasteiger partial charge in [-0.1, -0.05) is 18.5 Å². The van der Waals surface area contributed by atoms with E-state index in [2.05, 4.69) is 10.4 Å². The van der Waals surface area contributed by atoms with Crippen LogP contribution in [0, 0.1) is 13.8 Å². The van der Waals surface area contributed by atoms with Crippen LogP contribution in [0.5, 0.6) is 0 Å². The Morgan fingerprint density at radius 1 is 1.41 bits per heavy atom. The fraction of sp³-hybridized carbons (Fsp3) is 0.357. The topological polar surface area (TPSA) is 84.2 Å². The minimum atomic E-state index is -1.06. The summed E-state index contributed by atoms with van der Waals surface area (Å²) in [5.74, 6) is -1.57. The molecule has 0 unspecified atom stereocenters. The molecule has 0 aromatic carbocycles. The maximum Gasteiger partial charge on any atom is 0.339 e. The fourth-order valence-corrected chi connectivity index (χ4v) is 3.59. The molecule has 0 saturated heterocycles. The van der Waals surface area contributed by atoms with Crippen LogP contribution >= 0.6 is 22.9 Å². The molecule has 0 saturated carbocycles. The second-order valence-corrected chi connectivity index (χ2v) is 6.43. The van der Waals surface area contributed by atoms with E-state index in [0.717, 1.165) is 10.4 Å². The van der Waals surface area contributed by atoms with E-state index in [0.29, 0.717) is 17.1 Å². The summed E-state index contributed by atoms with van der Waals surface area (Å²) in [7, 11) is 1.69. The predicted molar refractivity (Wildman–Crippen MR) is 86.3 cm³/mol. The number of aromatic nitrogens is 2. The molecular weight excluding hydrogens is 326 g/mol. The van der Waals surface area contributed by atoms with Crippen LogP contribution in [0.4, 0.5) is 5.00 Å². The first-order valence-corrected chi connectivity index (χ1v) is 7.83. The Kier molecular flexibility index (Phi) is 4.58. The first kappa shape index (κ1) is 16.5. The number of nitrogens with zero attached hydrogens (tertiary/aromatic N) is 2. The maximum atomic E-state index is 12.3. The van der Waals surface area contributed by atoms with Crippen LogP contribution in [0.1, 0.15) is 43.9 Å². The van der Waals surface area contributed by atoms with Gasteiger partial charge in [0.15, 0.2) is 5.69 Å². The number of aromatic carboxylic acids is 1. The Morgan fingerprint density at radius 2 is 2.05 bits per heavy atom. The third kappa shape index (κ3) is 2.74. The maximum absolute atomic E-state index is 12.3. The molecule has 2 aromatic heterocycles. The van der Waals surface area contributed by atoms with Gasteiger partial charge in [0.25, 0.3) is 5.91 Å². The van der Waals surface area contributed by atoms with Gasteiger partial charge in [-0.3, -0.25) is 9.48 Å². The van der Waals surface area contributed by atoms with Crippen LogP contribution in [-0.2, 0) is 13.5 Å². The second-order valence-electron chi connectivity index (χ2n) is 4.83. The summed E-state index contributed by atoms with van der Waals surface area (Å²) in [6, 6.07) is 0. The van der Waals surface area contributed by atoms with Crippen LogP contribution < -0.4 is 5.32 Å². The van der Waals surface area contributed by atoms with Crippen LogP contribution in [0.15, 0.2) is 0 Å². The third-order valence-corrected chi connectivity index (χ3v) is 4.99. The van der Waals surface area contributed by atoms with E-state index in [1.807, 2.05) is 13.8 Å². The van der Waals surface area contributed by atoms with E-state index in [1.165, 1.54) is 16.0 Å². The smallest absolute Gasteiger partial charge is 0.339 e. The Morgan fingerprint density at radius 3 is 2.50 bits per heavy atom. The highest BCUT2D eigenvalue weighted by Gasteiger charge is 2.24. The van der Waals surface area contributed by atoms with Crippen molar-refractivity contribution in [3.63, 3.8) is 0 Å². The molecule has 0 atom stereocenters. The number of halogens is 1. The number of carboxylic acids is 1. The quantitative estimate of drug-likeness (QED) is 0.893. The zero-order valence-corrected chi connectivity index (χ0v) is 14.2. The summed E-state index contributed by atoms with van der Waals surface area (Å²) in [6.45, 7) is 5.47. The summed E-state index contributed by atoms with van der Waals surface area (Å²) in [4.78, 5) is 24.7. The lowest BCUT2D eigenvalue weighted by Crippen LogP contribution is -2.15. The van der Waals surface area contributed by atoms with Crippen molar-refractivity contribution in [3.8, 4) is 0 Å². The van der Waals surface area contributed by atoms with Gasteiger partial charge in [0.05, 0.1) is 16.3 Å². The number of hydrogen-bond acceptors (Lipinski definition) is 4. The van der Waals surface area contributed by atoms with Gasteiger partial charge < -0.3 is 10.4 Å². The highest BCUT2D eigenvalue weighted by molar-refractivity contribution is 7.16. The largest absolute Gasteiger partial charge is 0.478 e. The van der Waals surface area contributed by atoms with Crippen molar-refractivity contribution in [2.24, 2.45) is 7.05 Å². The molecule has 1 amide bonds. The number of amides is 1. The average molecular weight is 342 g/mol. The summed E-state index contributed by atoms with van der Waals surface area (Å²) < 4.78 is 1.51. The van der Waals surface area contributed by atoms with Crippen molar-refractivity contribution in [1.82, 2.24) is 9.78 Å². The molecule has 2 N–H and O–H groups in total. The Hall–Kier alpha value is -1.86. The molecule has 0 aliphatic carbocycles. The molecule has 118 valence electrons. The first-order chi connectivity index (χ1) is 10.3. The van der Waals surface area contributed by atoms with Crippen molar-refractivity contribution in [3.05, 3.63) is 32.4 Å². The molecule has 0 fully saturated rings. The lowest BCUT2D eigenvalue weighted by molar-refractivity contribution is 0.0697. The molecule has 0 bridgehead atoms. The van der Waals surface area contributed by atoms with Gasteiger partial charge in [0.2, 0.25) is 0 Å². The van der Waals surface area contributed by atoms with Crippen LogP contribution in [0.3, 0.4) is 0 Å². The number of anilines is 1. The summed E-state index contributed by atoms with van der Waals surface area (Å²) in [5, 5.41) is 16.6. The molecule has 0 spiro atoms. The van der Waals surface area contributed by atoms with Gasteiger partial charge in [0, 0.05) is 11.9 Å². The SMILES string of the molecule is CCc1c(C)sc(NC(=O)c2nn(C)c(C)c2Cl)c1C(=O)O. The van der Waals surface area contributed by atoms with E-state index in [9.17, 15) is 14.7 Å². The molecule has 2 heterocycles. The fourth-order valence-electron chi connectivity index (χ4n) is 2.21. The number of carbonyl (C=O) groups is 2. The van der Waals surface area contributed by atoms with Crippen LogP contribution in [0.25, 0.3) is 0 Å². The van der Waals surface area contributed by atoms with E-state index < -0.39 is 11.9 Å². The summed E-state index contributed by atoms with van der Waals surface area (Å²) in [6.07, 6.45) is 0.587. The zero-order chi connectivity index (χ0) is 16.6. The number of hydrogen-bond donors (Lipinski definition) is 2. The molecule has 2 rings (SSSR count). The number of carboxylic acid groups (broad SMARTS) is 1. The lowest BCUT2D eigenvalue weighted by atomic mass is 10.1. The van der Waals surface area contributed by atoms with Gasteiger partial charge in [-0.2, -0.15) is 5.10 Å². The zero-order valence-electron chi connectivity index (χ0n) is 12.7. The normalized spacial score (nSPS) is 10.8. The van der Waals surface area contributed by atoms with Crippen molar-refractivity contribution < 1.29 is 14.7 Å². The van der Waals surface area contributed by atoms with Crippen molar-refractivity contribution in [2.75, 3.05) is 5.32 Å². The van der Waals surface area contributed by atoms with Crippen molar-refractivity contribution in [1.29, 1.82) is 0 Å².